The Morgan fingerprint density at radius 3 is 2.83 bits per heavy atom. The predicted octanol–water partition coefficient (Wildman–Crippen LogP) is 3.41. The van der Waals surface area contributed by atoms with Crippen LogP contribution in [-0.4, -0.2) is 24.0 Å². The molecule has 122 valence electrons. The molecule has 4 nitrogen and oxygen atoms in total. The second kappa shape index (κ2) is 8.88. The van der Waals surface area contributed by atoms with Crippen LogP contribution in [0.4, 0.5) is 10.1 Å². The fourth-order valence-corrected chi connectivity index (χ4v) is 2.18. The minimum Gasteiger partial charge on any atom is -0.385 e. The Kier molecular flexibility index (Phi) is 6.54. The number of carbonyl (C=O) groups excluding carboxylic acids is 1. The third-order valence-corrected chi connectivity index (χ3v) is 3.49. The van der Waals surface area contributed by atoms with Crippen molar-refractivity contribution in [3.05, 3.63) is 59.7 Å². The first-order chi connectivity index (χ1) is 11.2. The topological polar surface area (TPSA) is 54.0 Å². The summed E-state index contributed by atoms with van der Waals surface area (Å²) in [4.78, 5) is 16.2. The fraction of sp³-hybridized carbons (Fsp3) is 0.333. The number of carbonyl (C=O) groups is 1. The molecule has 0 fully saturated rings. The van der Waals surface area contributed by atoms with Gasteiger partial charge in [0.2, 0.25) is 0 Å². The summed E-state index contributed by atoms with van der Waals surface area (Å²) in [7, 11) is 0. The van der Waals surface area contributed by atoms with Gasteiger partial charge in [-0.05, 0) is 36.6 Å². The van der Waals surface area contributed by atoms with Crippen LogP contribution in [-0.2, 0) is 6.42 Å². The molecule has 0 spiro atoms. The quantitative estimate of drug-likeness (QED) is 0.734. The number of aromatic nitrogens is 1. The first-order valence-electron chi connectivity index (χ1n) is 7.92. The van der Waals surface area contributed by atoms with Gasteiger partial charge in [-0.25, -0.2) is 4.39 Å². The van der Waals surface area contributed by atoms with Gasteiger partial charge in [0, 0.05) is 25.0 Å². The summed E-state index contributed by atoms with van der Waals surface area (Å²) in [5.74, 6) is -0.498. The van der Waals surface area contributed by atoms with Crippen LogP contribution in [0.3, 0.4) is 0 Å². The highest BCUT2D eigenvalue weighted by Crippen LogP contribution is 2.09. The first-order valence-corrected chi connectivity index (χ1v) is 7.92. The summed E-state index contributed by atoms with van der Waals surface area (Å²) < 4.78 is 13.5. The third kappa shape index (κ3) is 5.36. The predicted molar refractivity (Wildman–Crippen MR) is 90.1 cm³/mol. The lowest BCUT2D eigenvalue weighted by atomic mass is 10.1. The number of pyridine rings is 1. The highest BCUT2D eigenvalue weighted by Gasteiger charge is 2.08. The Morgan fingerprint density at radius 2 is 2.04 bits per heavy atom. The molecule has 1 aromatic carbocycles. The molecule has 23 heavy (non-hydrogen) atoms. The van der Waals surface area contributed by atoms with Gasteiger partial charge in [-0.15, -0.1) is 0 Å². The maximum Gasteiger partial charge on any atom is 0.269 e. The lowest BCUT2D eigenvalue weighted by Crippen LogP contribution is -2.26. The van der Waals surface area contributed by atoms with E-state index in [1.54, 1.807) is 30.5 Å². The molecule has 0 bridgehead atoms. The molecule has 5 heteroatoms. The summed E-state index contributed by atoms with van der Waals surface area (Å²) in [6.45, 7) is 3.37. The fourth-order valence-electron chi connectivity index (χ4n) is 2.18. The molecule has 0 aliphatic carbocycles. The monoisotopic (exact) mass is 315 g/mol. The summed E-state index contributed by atoms with van der Waals surface area (Å²) in [5.41, 5.74) is 1.84. The SMILES string of the molecule is CCCCNc1ccnc(C(=O)NCCc2ccccc2F)c1. The molecule has 1 aromatic heterocycles. The van der Waals surface area contributed by atoms with Crippen LogP contribution in [0.5, 0.6) is 0 Å². The average Bonchev–Trinajstić information content (AvgIpc) is 2.57. The number of hydrogen-bond acceptors (Lipinski definition) is 3. The molecular weight excluding hydrogens is 293 g/mol. The Bertz CT molecular complexity index is 646. The van der Waals surface area contributed by atoms with E-state index in [9.17, 15) is 9.18 Å². The highest BCUT2D eigenvalue weighted by molar-refractivity contribution is 5.93. The van der Waals surface area contributed by atoms with Crippen molar-refractivity contribution in [2.24, 2.45) is 0 Å². The van der Waals surface area contributed by atoms with E-state index in [1.807, 2.05) is 6.07 Å². The molecule has 0 atom stereocenters. The van der Waals surface area contributed by atoms with Gasteiger partial charge in [0.05, 0.1) is 0 Å². The van der Waals surface area contributed by atoms with Gasteiger partial charge in [0.1, 0.15) is 11.5 Å². The number of anilines is 1. The smallest absolute Gasteiger partial charge is 0.269 e. The largest absolute Gasteiger partial charge is 0.385 e. The minimum absolute atomic E-state index is 0.248. The molecule has 1 amide bonds. The zero-order valence-corrected chi connectivity index (χ0v) is 13.3. The number of hydrogen-bond donors (Lipinski definition) is 2. The maximum atomic E-state index is 13.5. The highest BCUT2D eigenvalue weighted by atomic mass is 19.1. The van der Waals surface area contributed by atoms with E-state index < -0.39 is 0 Å². The second-order valence-electron chi connectivity index (χ2n) is 5.31. The number of rotatable bonds is 8. The zero-order valence-electron chi connectivity index (χ0n) is 13.3. The van der Waals surface area contributed by atoms with E-state index in [0.717, 1.165) is 25.1 Å². The van der Waals surface area contributed by atoms with E-state index in [2.05, 4.69) is 22.5 Å². The Morgan fingerprint density at radius 1 is 1.22 bits per heavy atom. The molecule has 2 N–H and O–H groups in total. The van der Waals surface area contributed by atoms with Crippen LogP contribution >= 0.6 is 0 Å². The number of nitrogens with one attached hydrogen (secondary N) is 2. The van der Waals surface area contributed by atoms with E-state index >= 15 is 0 Å². The van der Waals surface area contributed by atoms with Crippen LogP contribution in [0.2, 0.25) is 0 Å². The van der Waals surface area contributed by atoms with Gasteiger partial charge < -0.3 is 10.6 Å². The Hall–Kier alpha value is -2.43. The average molecular weight is 315 g/mol. The molecule has 0 radical (unpaired) electrons. The van der Waals surface area contributed by atoms with Gasteiger partial charge in [-0.2, -0.15) is 0 Å². The summed E-state index contributed by atoms with van der Waals surface area (Å²) >= 11 is 0. The molecule has 0 aliphatic rings. The molecular formula is C18H22FN3O. The van der Waals surface area contributed by atoms with Gasteiger partial charge in [-0.3, -0.25) is 9.78 Å². The third-order valence-electron chi connectivity index (χ3n) is 3.49. The van der Waals surface area contributed by atoms with E-state index in [0.29, 0.717) is 24.2 Å². The van der Waals surface area contributed by atoms with Gasteiger partial charge in [0.15, 0.2) is 0 Å². The molecule has 0 aliphatic heterocycles. The van der Waals surface area contributed by atoms with Crippen molar-refractivity contribution in [1.82, 2.24) is 10.3 Å². The molecule has 0 saturated carbocycles. The molecule has 0 saturated heterocycles. The van der Waals surface area contributed by atoms with Crippen molar-refractivity contribution >= 4 is 11.6 Å². The normalized spacial score (nSPS) is 10.3. The number of halogens is 1. The lowest BCUT2D eigenvalue weighted by Gasteiger charge is -2.08. The van der Waals surface area contributed by atoms with Crippen LogP contribution in [0.15, 0.2) is 42.6 Å². The van der Waals surface area contributed by atoms with Crippen molar-refractivity contribution < 1.29 is 9.18 Å². The van der Waals surface area contributed by atoms with E-state index in [1.165, 1.54) is 6.07 Å². The number of benzene rings is 1. The van der Waals surface area contributed by atoms with Crippen molar-refractivity contribution in [3.8, 4) is 0 Å². The van der Waals surface area contributed by atoms with Gasteiger partial charge in [0.25, 0.3) is 5.91 Å². The van der Waals surface area contributed by atoms with Crippen molar-refractivity contribution in [1.29, 1.82) is 0 Å². The first kappa shape index (κ1) is 16.9. The van der Waals surface area contributed by atoms with E-state index in [-0.39, 0.29) is 11.7 Å². The van der Waals surface area contributed by atoms with Crippen LogP contribution in [0, 0.1) is 5.82 Å². The standard InChI is InChI=1S/C18H22FN3O/c1-2-3-10-20-15-9-12-21-17(13-15)18(23)22-11-8-14-6-4-5-7-16(14)19/h4-7,9,12-13H,2-3,8,10-11H2,1H3,(H,20,21)(H,22,23). The van der Waals surface area contributed by atoms with Crippen molar-refractivity contribution in [3.63, 3.8) is 0 Å². The number of amides is 1. The second-order valence-corrected chi connectivity index (χ2v) is 5.31. The number of unbranched alkanes of at least 4 members (excludes halogenated alkanes) is 1. The van der Waals surface area contributed by atoms with Crippen LogP contribution in [0.25, 0.3) is 0 Å². The Balaban J connectivity index is 1.85. The van der Waals surface area contributed by atoms with Crippen LogP contribution in [0.1, 0.15) is 35.8 Å². The summed E-state index contributed by atoms with van der Waals surface area (Å²) in [5, 5.41) is 6.03. The molecule has 2 rings (SSSR count). The number of nitrogens with zero attached hydrogens (tertiary/aromatic N) is 1. The minimum atomic E-state index is -0.250. The molecule has 1 heterocycles. The Labute approximate surface area is 136 Å². The summed E-state index contributed by atoms with van der Waals surface area (Å²) in [6.07, 6.45) is 4.25. The summed E-state index contributed by atoms with van der Waals surface area (Å²) in [6, 6.07) is 10.1. The van der Waals surface area contributed by atoms with Crippen LogP contribution < -0.4 is 10.6 Å². The van der Waals surface area contributed by atoms with Gasteiger partial charge >= 0.3 is 0 Å². The van der Waals surface area contributed by atoms with E-state index in [4.69, 9.17) is 0 Å². The van der Waals surface area contributed by atoms with Crippen molar-refractivity contribution in [2.75, 3.05) is 18.4 Å². The molecule has 0 unspecified atom stereocenters. The zero-order chi connectivity index (χ0) is 16.5. The van der Waals surface area contributed by atoms with Crippen molar-refractivity contribution in [2.45, 2.75) is 26.2 Å². The maximum absolute atomic E-state index is 13.5. The molecule has 2 aromatic rings. The van der Waals surface area contributed by atoms with Gasteiger partial charge in [-0.1, -0.05) is 31.5 Å². The lowest BCUT2D eigenvalue weighted by molar-refractivity contribution is 0.0949.